The van der Waals surface area contributed by atoms with E-state index in [-0.39, 0.29) is 23.2 Å². The van der Waals surface area contributed by atoms with Crippen LogP contribution in [-0.4, -0.2) is 29.7 Å². The van der Waals surface area contributed by atoms with Crippen LogP contribution in [0.3, 0.4) is 0 Å². The number of allylic oxidation sites excluding steroid dienone is 3. The van der Waals surface area contributed by atoms with Crippen LogP contribution >= 0.6 is 0 Å². The van der Waals surface area contributed by atoms with Crippen molar-refractivity contribution in [3.05, 3.63) is 74.8 Å². The molecule has 0 fully saturated rings. The van der Waals surface area contributed by atoms with E-state index in [0.717, 1.165) is 18.4 Å². The number of carbonyl (C=O) groups excluding carboxylic acids is 1. The summed E-state index contributed by atoms with van der Waals surface area (Å²) in [5, 5.41) is 11.3. The van der Waals surface area contributed by atoms with E-state index in [0.29, 0.717) is 16.6 Å². The van der Waals surface area contributed by atoms with Crippen molar-refractivity contribution in [1.29, 1.82) is 0 Å². The molecule has 170 valence electrons. The molecule has 6 heteroatoms. The number of Topliss-reactive ketones (excluding diaryl/α,β-unsaturated/α-hetero) is 1. The lowest BCUT2D eigenvalue weighted by Crippen LogP contribution is -2.46. The van der Waals surface area contributed by atoms with Gasteiger partial charge in [-0.1, -0.05) is 35.4 Å². The number of pyridine rings is 1. The van der Waals surface area contributed by atoms with Gasteiger partial charge in [-0.3, -0.25) is 9.59 Å². The van der Waals surface area contributed by atoms with E-state index < -0.39 is 17.1 Å². The predicted molar refractivity (Wildman–Crippen MR) is 126 cm³/mol. The molecule has 0 aliphatic heterocycles. The molecule has 0 saturated carbocycles. The highest BCUT2D eigenvalue weighted by molar-refractivity contribution is 6.09. The topological polar surface area (TPSA) is 77.8 Å². The van der Waals surface area contributed by atoms with Gasteiger partial charge in [0.25, 0.3) is 0 Å². The van der Waals surface area contributed by atoms with E-state index in [2.05, 4.69) is 19.9 Å². The summed E-state index contributed by atoms with van der Waals surface area (Å²) in [6.45, 7) is 6.14. The molecule has 0 bridgehead atoms. The number of carbonyl (C=O) groups is 1. The molecule has 0 radical (unpaired) electrons. The number of ether oxygens (including phenoxy) is 2. The maximum absolute atomic E-state index is 13.6. The lowest BCUT2D eigenvalue weighted by atomic mass is 9.79. The van der Waals surface area contributed by atoms with Crippen LogP contribution in [0.5, 0.6) is 0 Å². The van der Waals surface area contributed by atoms with Gasteiger partial charge in [0.15, 0.2) is 11.4 Å². The highest BCUT2D eigenvalue weighted by atomic mass is 16.5. The van der Waals surface area contributed by atoms with Crippen molar-refractivity contribution in [2.75, 3.05) is 14.2 Å². The third kappa shape index (κ3) is 3.79. The summed E-state index contributed by atoms with van der Waals surface area (Å²) in [6.07, 6.45) is 6.11. The molecule has 6 nitrogen and oxygen atoms in total. The summed E-state index contributed by atoms with van der Waals surface area (Å²) in [6, 6.07) is 7.12. The van der Waals surface area contributed by atoms with Gasteiger partial charge in [-0.25, -0.2) is 0 Å². The summed E-state index contributed by atoms with van der Waals surface area (Å²) in [7, 11) is 4.53. The van der Waals surface area contributed by atoms with Crippen molar-refractivity contribution in [3.8, 4) is 0 Å². The van der Waals surface area contributed by atoms with Crippen LogP contribution in [0.15, 0.2) is 58.1 Å². The van der Waals surface area contributed by atoms with E-state index in [1.54, 1.807) is 23.7 Å². The minimum Gasteiger partial charge on any atom is -0.504 e. The molecule has 3 rings (SSSR count). The molecule has 32 heavy (non-hydrogen) atoms. The first-order valence-corrected chi connectivity index (χ1v) is 10.7. The zero-order chi connectivity index (χ0) is 23.6. The fourth-order valence-corrected chi connectivity index (χ4v) is 4.35. The van der Waals surface area contributed by atoms with Crippen LogP contribution in [0.1, 0.15) is 51.3 Å². The molecule has 1 unspecified atom stereocenters. The first-order valence-electron chi connectivity index (χ1n) is 10.7. The molecule has 1 aromatic carbocycles. The van der Waals surface area contributed by atoms with Crippen LogP contribution in [-0.2, 0) is 26.9 Å². The summed E-state index contributed by atoms with van der Waals surface area (Å²) in [4.78, 5) is 27.0. The number of para-hydroxylation sites is 1. The zero-order valence-corrected chi connectivity index (χ0v) is 19.6. The quantitative estimate of drug-likeness (QED) is 0.622. The Labute approximate surface area is 188 Å². The molecule has 0 spiro atoms. The zero-order valence-electron chi connectivity index (χ0n) is 19.6. The maximum atomic E-state index is 13.6. The number of methoxy groups -OCH3 is 2. The Morgan fingerprint density at radius 3 is 2.44 bits per heavy atom. The number of aliphatic hydroxyl groups excluding tert-OH is 1. The number of aliphatic hydroxyl groups is 1. The molecule has 0 saturated heterocycles. The molecule has 1 aromatic heterocycles. The Morgan fingerprint density at radius 1 is 1.12 bits per heavy atom. The summed E-state index contributed by atoms with van der Waals surface area (Å²) >= 11 is 0. The van der Waals surface area contributed by atoms with Crippen molar-refractivity contribution in [2.45, 2.75) is 45.6 Å². The average molecular weight is 438 g/mol. The summed E-state index contributed by atoms with van der Waals surface area (Å²) in [5.41, 5.74) is 1.54. The van der Waals surface area contributed by atoms with Gasteiger partial charge in [0.2, 0.25) is 17.0 Å². The third-order valence-electron chi connectivity index (χ3n) is 6.10. The number of benzene rings is 1. The van der Waals surface area contributed by atoms with Crippen LogP contribution in [0, 0.1) is 0 Å². The van der Waals surface area contributed by atoms with Crippen molar-refractivity contribution in [3.63, 3.8) is 0 Å². The first-order chi connectivity index (χ1) is 15.2. The number of fused-ring (bicyclic) bond motifs is 2. The van der Waals surface area contributed by atoms with Crippen LogP contribution in [0.4, 0.5) is 0 Å². The SMILES string of the molecule is COC1=C(O)c2c(n(C)c3ccccc3c2=O)C(C/C=C(\C)CCC=C(C)C)(OC)C1=O. The van der Waals surface area contributed by atoms with Crippen LogP contribution < -0.4 is 5.43 Å². The van der Waals surface area contributed by atoms with Crippen LogP contribution in [0.25, 0.3) is 16.7 Å². The largest absolute Gasteiger partial charge is 0.504 e. The van der Waals surface area contributed by atoms with Gasteiger partial charge in [0.1, 0.15) is 0 Å². The van der Waals surface area contributed by atoms with Gasteiger partial charge in [-0.15, -0.1) is 0 Å². The Bertz CT molecular complexity index is 1210. The molecule has 1 aliphatic rings. The second kappa shape index (κ2) is 9.17. The highest BCUT2D eigenvalue weighted by Crippen LogP contribution is 2.42. The molecule has 1 heterocycles. The fraction of sp³-hybridized carbons (Fsp3) is 0.385. The van der Waals surface area contributed by atoms with Gasteiger partial charge in [0, 0.05) is 26.0 Å². The summed E-state index contributed by atoms with van der Waals surface area (Å²) < 4.78 is 12.9. The Morgan fingerprint density at radius 2 is 1.81 bits per heavy atom. The molecule has 1 N–H and O–H groups in total. The maximum Gasteiger partial charge on any atom is 0.239 e. The van der Waals surface area contributed by atoms with Crippen LogP contribution in [0.2, 0.25) is 0 Å². The second-order valence-corrected chi connectivity index (χ2v) is 8.45. The second-order valence-electron chi connectivity index (χ2n) is 8.45. The van der Waals surface area contributed by atoms with Crippen molar-refractivity contribution in [2.24, 2.45) is 7.05 Å². The number of aryl methyl sites for hydroxylation is 1. The molecule has 1 atom stereocenters. The van der Waals surface area contributed by atoms with Gasteiger partial charge in [-0.05, 0) is 45.7 Å². The average Bonchev–Trinajstić information content (AvgIpc) is 2.77. The molecule has 0 amide bonds. The Hall–Kier alpha value is -3.12. The number of hydrogen-bond donors (Lipinski definition) is 1. The van der Waals surface area contributed by atoms with Crippen molar-refractivity contribution < 1.29 is 19.4 Å². The molecular formula is C26H31NO5. The lowest BCUT2D eigenvalue weighted by molar-refractivity contribution is -0.142. The van der Waals surface area contributed by atoms with Gasteiger partial charge < -0.3 is 19.1 Å². The minimum atomic E-state index is -1.50. The summed E-state index contributed by atoms with van der Waals surface area (Å²) in [5.74, 6) is -1.22. The monoisotopic (exact) mass is 437 g/mol. The van der Waals surface area contributed by atoms with E-state index in [1.165, 1.54) is 19.8 Å². The minimum absolute atomic E-state index is 0.0418. The number of aromatic nitrogens is 1. The van der Waals surface area contributed by atoms with E-state index in [1.807, 2.05) is 25.1 Å². The van der Waals surface area contributed by atoms with Gasteiger partial charge in [0.05, 0.1) is 23.9 Å². The van der Waals surface area contributed by atoms with Crippen molar-refractivity contribution >= 4 is 22.4 Å². The van der Waals surface area contributed by atoms with E-state index >= 15 is 0 Å². The lowest BCUT2D eigenvalue weighted by Gasteiger charge is -2.37. The molecular weight excluding hydrogens is 406 g/mol. The smallest absolute Gasteiger partial charge is 0.239 e. The number of hydrogen-bond acceptors (Lipinski definition) is 5. The first kappa shape index (κ1) is 23.5. The van der Waals surface area contributed by atoms with Crippen molar-refractivity contribution in [1.82, 2.24) is 4.57 Å². The molecule has 1 aliphatic carbocycles. The fourth-order valence-electron chi connectivity index (χ4n) is 4.35. The Kier molecular flexibility index (Phi) is 6.74. The Balaban J connectivity index is 2.26. The normalized spacial score (nSPS) is 18.7. The molecule has 2 aromatic rings. The highest BCUT2D eigenvalue weighted by Gasteiger charge is 2.51. The third-order valence-corrected chi connectivity index (χ3v) is 6.10. The van der Waals surface area contributed by atoms with E-state index in [4.69, 9.17) is 9.47 Å². The number of nitrogens with zero attached hydrogens (tertiary/aromatic N) is 1. The van der Waals surface area contributed by atoms with E-state index in [9.17, 15) is 14.7 Å². The standard InChI is InChI=1S/C26H31NO5/c1-16(2)10-9-11-17(3)14-15-26(32-6)24-20(22(29)23(31-5)25(26)30)21(28)18-12-7-8-13-19(18)27(24)4/h7-8,10,12-14,29H,9,11,15H2,1-6H3/b17-14+. The number of ketones is 1. The predicted octanol–water partition coefficient (Wildman–Crippen LogP) is 4.92. The number of rotatable bonds is 7. The van der Waals surface area contributed by atoms with Gasteiger partial charge >= 0.3 is 0 Å². The van der Waals surface area contributed by atoms with Gasteiger partial charge in [-0.2, -0.15) is 0 Å².